The molecule has 0 aromatic heterocycles. The van der Waals surface area contributed by atoms with Gasteiger partial charge in [-0.2, -0.15) is 0 Å². The van der Waals surface area contributed by atoms with Gasteiger partial charge in [-0.3, -0.25) is 14.3 Å². The van der Waals surface area contributed by atoms with E-state index in [9.17, 15) is 26.4 Å². The molecule has 3 rings (SSSR count). The van der Waals surface area contributed by atoms with E-state index >= 15 is 0 Å². The zero-order valence-electron chi connectivity index (χ0n) is 16.0. The van der Waals surface area contributed by atoms with Gasteiger partial charge in [-0.1, -0.05) is 13.8 Å². The molecule has 1 aromatic rings. The molecule has 2 bridgehead atoms. The monoisotopic (exact) mass is 428 g/mol. The molecule has 0 unspecified atom stereocenters. The second kappa shape index (κ2) is 6.55. The number of anilines is 1. The summed E-state index contributed by atoms with van der Waals surface area (Å²) in [4.78, 5) is 23.4. The third-order valence-corrected chi connectivity index (χ3v) is 9.16. The molecule has 0 saturated heterocycles. The molecular formula is C18H24N2O6S2. The lowest BCUT2D eigenvalue weighted by molar-refractivity contribution is -0.128. The van der Waals surface area contributed by atoms with E-state index in [0.717, 1.165) is 13.3 Å². The van der Waals surface area contributed by atoms with Gasteiger partial charge in [0.05, 0.1) is 16.1 Å². The minimum atomic E-state index is -3.99. The Balaban J connectivity index is 1.78. The van der Waals surface area contributed by atoms with E-state index in [2.05, 4.69) is 4.72 Å². The average Bonchev–Trinajstić information content (AvgIpc) is 2.87. The van der Waals surface area contributed by atoms with Crippen LogP contribution in [0.15, 0.2) is 29.2 Å². The summed E-state index contributed by atoms with van der Waals surface area (Å²) in [6.07, 6.45) is 1.85. The first-order valence-electron chi connectivity index (χ1n) is 8.96. The van der Waals surface area contributed by atoms with E-state index in [1.54, 1.807) is 0 Å². The van der Waals surface area contributed by atoms with Crippen LogP contribution in [0, 0.1) is 16.7 Å². The highest BCUT2D eigenvalue weighted by Gasteiger charge is 2.65. The van der Waals surface area contributed by atoms with Crippen molar-refractivity contribution in [3.05, 3.63) is 24.3 Å². The topological polar surface area (TPSA) is 126 Å². The first-order chi connectivity index (χ1) is 12.8. The summed E-state index contributed by atoms with van der Waals surface area (Å²) in [5, 5.41) is 0. The van der Waals surface area contributed by atoms with Crippen LogP contribution in [0.3, 0.4) is 0 Å². The van der Waals surface area contributed by atoms with Gasteiger partial charge in [-0.15, -0.1) is 0 Å². The number of amides is 1. The van der Waals surface area contributed by atoms with Crippen LogP contribution in [0.4, 0.5) is 5.69 Å². The van der Waals surface area contributed by atoms with Gasteiger partial charge in [0.15, 0.2) is 0 Å². The van der Waals surface area contributed by atoms with Crippen molar-refractivity contribution in [2.24, 2.45) is 16.7 Å². The normalized spacial score (nSPS) is 26.2. The fourth-order valence-corrected chi connectivity index (χ4v) is 7.48. The second-order valence-corrected chi connectivity index (χ2v) is 11.6. The van der Waals surface area contributed by atoms with Gasteiger partial charge in [-0.25, -0.2) is 21.6 Å². The lowest BCUT2D eigenvalue weighted by Crippen LogP contribution is -2.43. The Bertz CT molecular complexity index is 1030. The smallest absolute Gasteiger partial charge is 0.264 e. The molecule has 2 N–H and O–H groups in total. The predicted octanol–water partition coefficient (Wildman–Crippen LogP) is 1.65. The first-order valence-corrected chi connectivity index (χ1v) is 12.1. The number of sulfonamides is 2. The zero-order valence-corrected chi connectivity index (χ0v) is 17.6. The number of hydrogen-bond acceptors (Lipinski definition) is 6. The molecule has 0 aliphatic heterocycles. The van der Waals surface area contributed by atoms with Crippen molar-refractivity contribution in [1.29, 1.82) is 0 Å². The Kier molecular flexibility index (Phi) is 4.86. The van der Waals surface area contributed by atoms with E-state index in [4.69, 9.17) is 0 Å². The molecule has 0 spiro atoms. The lowest BCUT2D eigenvalue weighted by Gasteiger charge is -2.36. The predicted molar refractivity (Wildman–Crippen MR) is 103 cm³/mol. The average molecular weight is 429 g/mol. The molecule has 8 nitrogen and oxygen atoms in total. The van der Waals surface area contributed by atoms with Crippen molar-refractivity contribution >= 4 is 37.4 Å². The minimum absolute atomic E-state index is 0.0101. The Morgan fingerprint density at radius 3 is 2.21 bits per heavy atom. The van der Waals surface area contributed by atoms with Gasteiger partial charge >= 0.3 is 0 Å². The maximum Gasteiger partial charge on any atom is 0.264 e. The maximum absolute atomic E-state index is 12.8. The molecule has 0 heterocycles. The van der Waals surface area contributed by atoms with Gasteiger partial charge in [0.25, 0.3) is 10.0 Å². The molecule has 0 radical (unpaired) electrons. The van der Waals surface area contributed by atoms with Gasteiger partial charge in [0, 0.05) is 19.0 Å². The highest BCUT2D eigenvalue weighted by Crippen LogP contribution is 2.64. The highest BCUT2D eigenvalue weighted by molar-refractivity contribution is 7.92. The standard InChI is InChI=1S/C18H24N2O6S2/c1-12(21)19-28(25,26)15-6-4-14(5-7-15)20-27(23,24)11-18-9-8-13(10-16(18)22)17(18,2)3/h4-7,13,20H,8-11H2,1-3H3,(H,19,21)/t13-,18-/m1/s1. The van der Waals surface area contributed by atoms with Crippen molar-refractivity contribution in [2.45, 2.75) is 44.9 Å². The van der Waals surface area contributed by atoms with E-state index < -0.39 is 31.4 Å². The number of carbonyl (C=O) groups excluding carboxylic acids is 2. The van der Waals surface area contributed by atoms with Crippen LogP contribution in [-0.4, -0.2) is 34.3 Å². The molecule has 154 valence electrons. The van der Waals surface area contributed by atoms with E-state index in [0.29, 0.717) is 12.8 Å². The van der Waals surface area contributed by atoms with Crippen LogP contribution >= 0.6 is 0 Å². The Labute approximate surface area is 165 Å². The number of rotatable bonds is 6. The fraction of sp³-hybridized carbons (Fsp3) is 0.556. The van der Waals surface area contributed by atoms with Crippen molar-refractivity contribution in [1.82, 2.24) is 4.72 Å². The summed E-state index contributed by atoms with van der Waals surface area (Å²) in [5.41, 5.74) is -1.05. The van der Waals surface area contributed by atoms with Gasteiger partial charge in [0.2, 0.25) is 15.9 Å². The van der Waals surface area contributed by atoms with Crippen molar-refractivity contribution in [3.63, 3.8) is 0 Å². The van der Waals surface area contributed by atoms with E-state index in [1.165, 1.54) is 24.3 Å². The molecule has 2 aliphatic carbocycles. The van der Waals surface area contributed by atoms with Crippen molar-refractivity contribution in [2.75, 3.05) is 10.5 Å². The lowest BCUT2D eigenvalue weighted by atomic mass is 9.70. The van der Waals surface area contributed by atoms with Gasteiger partial charge in [0.1, 0.15) is 5.78 Å². The van der Waals surface area contributed by atoms with Crippen LogP contribution < -0.4 is 9.44 Å². The minimum Gasteiger partial charge on any atom is -0.299 e. The SMILES string of the molecule is CC(=O)NS(=O)(=O)c1ccc(NS(=O)(=O)C[C@]23CC[C@H](CC2=O)C3(C)C)cc1. The Hall–Kier alpha value is -1.94. The number of ketones is 1. The number of nitrogens with one attached hydrogen (secondary N) is 2. The molecule has 2 atom stereocenters. The molecule has 2 saturated carbocycles. The van der Waals surface area contributed by atoms with Gasteiger partial charge in [-0.05, 0) is 48.4 Å². The summed E-state index contributed by atoms with van der Waals surface area (Å²) in [7, 11) is -7.81. The van der Waals surface area contributed by atoms with Crippen LogP contribution in [0.1, 0.15) is 40.0 Å². The Morgan fingerprint density at radius 2 is 1.75 bits per heavy atom. The molecule has 28 heavy (non-hydrogen) atoms. The molecular weight excluding hydrogens is 404 g/mol. The largest absolute Gasteiger partial charge is 0.299 e. The molecule has 1 amide bonds. The molecule has 2 aliphatic rings. The first kappa shape index (κ1) is 20.8. The van der Waals surface area contributed by atoms with Crippen LogP contribution in [0.5, 0.6) is 0 Å². The van der Waals surface area contributed by atoms with Crippen LogP contribution in [0.2, 0.25) is 0 Å². The second-order valence-electron chi connectivity index (χ2n) is 8.21. The summed E-state index contributed by atoms with van der Waals surface area (Å²) in [6.45, 7) is 5.01. The zero-order chi connectivity index (χ0) is 21.0. The van der Waals surface area contributed by atoms with Crippen LogP contribution in [0.25, 0.3) is 0 Å². The number of hydrogen-bond donors (Lipinski definition) is 2. The highest BCUT2D eigenvalue weighted by atomic mass is 32.2. The van der Waals surface area contributed by atoms with E-state index in [1.807, 2.05) is 18.6 Å². The number of benzene rings is 1. The number of carbonyl (C=O) groups is 2. The molecule has 2 fully saturated rings. The fourth-order valence-electron chi connectivity index (χ4n) is 4.60. The van der Waals surface area contributed by atoms with E-state index in [-0.39, 0.29) is 33.5 Å². The number of Topliss-reactive ketones (excluding diaryl/α,β-unsaturated/α-hetero) is 1. The third kappa shape index (κ3) is 3.43. The summed E-state index contributed by atoms with van der Waals surface area (Å²) < 4.78 is 53.7. The quantitative estimate of drug-likeness (QED) is 0.709. The molecule has 1 aromatic carbocycles. The summed E-state index contributed by atoms with van der Waals surface area (Å²) in [5.74, 6) is -0.777. The molecule has 10 heteroatoms. The maximum atomic E-state index is 12.8. The van der Waals surface area contributed by atoms with Crippen molar-refractivity contribution < 1.29 is 26.4 Å². The number of fused-ring (bicyclic) bond motifs is 2. The van der Waals surface area contributed by atoms with Gasteiger partial charge < -0.3 is 0 Å². The summed E-state index contributed by atoms with van der Waals surface area (Å²) in [6, 6.07) is 5.03. The third-order valence-electron chi connectivity index (χ3n) is 6.29. The van der Waals surface area contributed by atoms with Crippen molar-refractivity contribution in [3.8, 4) is 0 Å². The summed E-state index contributed by atoms with van der Waals surface area (Å²) >= 11 is 0. The Morgan fingerprint density at radius 1 is 1.14 bits per heavy atom. The van der Waals surface area contributed by atoms with Crippen LogP contribution in [-0.2, 0) is 29.6 Å².